The second-order valence-corrected chi connectivity index (χ2v) is 6.81. The number of nitrogens with one attached hydrogen (secondary N) is 2. The average Bonchev–Trinajstić information content (AvgIpc) is 2.57. The van der Waals surface area contributed by atoms with Crippen molar-refractivity contribution >= 4 is 17.5 Å². The van der Waals surface area contributed by atoms with Crippen molar-refractivity contribution in [3.8, 4) is 0 Å². The Morgan fingerprint density at radius 2 is 2.04 bits per heavy atom. The Labute approximate surface area is 144 Å². The van der Waals surface area contributed by atoms with Gasteiger partial charge in [0.2, 0.25) is 5.91 Å². The normalized spacial score (nSPS) is 20.4. The summed E-state index contributed by atoms with van der Waals surface area (Å²) in [5.41, 5.74) is 1.79. The number of unbranched alkanes of at least 4 members (excludes halogenated alkanes) is 1. The quantitative estimate of drug-likeness (QED) is 0.807. The van der Waals surface area contributed by atoms with Crippen LogP contribution < -0.4 is 15.5 Å². The standard InChI is InChI=1S/C19H29N3O2/c1-4-5-10-22(3)17-8-6-16(7-9-17)19(24)20-13-15-11-14(2)21-18(23)12-15/h6-9,14-15H,4-5,10-13H2,1-3H3,(H,20,24)(H,21,23)/t14-,15+/m0/s1. The number of hydrogen-bond acceptors (Lipinski definition) is 3. The summed E-state index contributed by atoms with van der Waals surface area (Å²) in [4.78, 5) is 26.0. The molecule has 132 valence electrons. The maximum absolute atomic E-state index is 12.3. The molecule has 5 heteroatoms. The lowest BCUT2D eigenvalue weighted by Gasteiger charge is -2.27. The third kappa shape index (κ3) is 5.25. The van der Waals surface area contributed by atoms with Crippen molar-refractivity contribution in [1.29, 1.82) is 0 Å². The van der Waals surface area contributed by atoms with E-state index in [9.17, 15) is 9.59 Å². The Kier molecular flexibility index (Phi) is 6.64. The summed E-state index contributed by atoms with van der Waals surface area (Å²) in [6.07, 6.45) is 3.73. The first-order chi connectivity index (χ1) is 11.5. The van der Waals surface area contributed by atoms with Gasteiger partial charge < -0.3 is 15.5 Å². The molecule has 2 rings (SSSR count). The molecule has 0 saturated carbocycles. The number of anilines is 1. The molecule has 1 saturated heterocycles. The van der Waals surface area contributed by atoms with Crippen molar-refractivity contribution in [3.63, 3.8) is 0 Å². The van der Waals surface area contributed by atoms with Crippen LogP contribution in [0, 0.1) is 5.92 Å². The molecular weight excluding hydrogens is 302 g/mol. The molecule has 0 aliphatic carbocycles. The topological polar surface area (TPSA) is 61.4 Å². The van der Waals surface area contributed by atoms with Crippen molar-refractivity contribution < 1.29 is 9.59 Å². The zero-order valence-electron chi connectivity index (χ0n) is 15.0. The van der Waals surface area contributed by atoms with Gasteiger partial charge in [0.05, 0.1) is 0 Å². The first kappa shape index (κ1) is 18.3. The Morgan fingerprint density at radius 1 is 1.33 bits per heavy atom. The molecule has 0 spiro atoms. The van der Waals surface area contributed by atoms with Gasteiger partial charge in [-0.3, -0.25) is 9.59 Å². The van der Waals surface area contributed by atoms with Crippen LogP contribution in [0.3, 0.4) is 0 Å². The first-order valence-corrected chi connectivity index (χ1v) is 8.88. The molecule has 0 aromatic heterocycles. The third-order valence-electron chi connectivity index (χ3n) is 4.54. The molecular formula is C19H29N3O2. The minimum atomic E-state index is -0.0728. The van der Waals surface area contributed by atoms with E-state index < -0.39 is 0 Å². The summed E-state index contributed by atoms with van der Waals surface area (Å²) in [6.45, 7) is 5.75. The molecule has 1 aromatic rings. The molecule has 2 N–H and O–H groups in total. The highest BCUT2D eigenvalue weighted by Crippen LogP contribution is 2.17. The van der Waals surface area contributed by atoms with Crippen molar-refractivity contribution in [2.24, 2.45) is 5.92 Å². The average molecular weight is 331 g/mol. The number of piperidine rings is 1. The van der Waals surface area contributed by atoms with Gasteiger partial charge in [-0.05, 0) is 49.9 Å². The molecule has 1 aliphatic rings. The van der Waals surface area contributed by atoms with Gasteiger partial charge in [0.15, 0.2) is 0 Å². The van der Waals surface area contributed by atoms with E-state index in [2.05, 4.69) is 29.5 Å². The number of carbonyl (C=O) groups excluding carboxylic acids is 2. The monoisotopic (exact) mass is 331 g/mol. The van der Waals surface area contributed by atoms with Crippen LogP contribution in [-0.2, 0) is 4.79 Å². The van der Waals surface area contributed by atoms with Crippen LogP contribution in [0.2, 0.25) is 0 Å². The molecule has 5 nitrogen and oxygen atoms in total. The molecule has 2 atom stereocenters. The minimum absolute atomic E-state index is 0.0728. The van der Waals surface area contributed by atoms with E-state index in [1.807, 2.05) is 31.2 Å². The van der Waals surface area contributed by atoms with Gasteiger partial charge in [0.1, 0.15) is 0 Å². The van der Waals surface area contributed by atoms with Crippen molar-refractivity contribution in [3.05, 3.63) is 29.8 Å². The number of amides is 2. The lowest BCUT2D eigenvalue weighted by Crippen LogP contribution is -2.43. The summed E-state index contributed by atoms with van der Waals surface area (Å²) >= 11 is 0. The van der Waals surface area contributed by atoms with Crippen LogP contribution in [-0.4, -0.2) is 38.0 Å². The van der Waals surface area contributed by atoms with E-state index in [0.29, 0.717) is 18.5 Å². The van der Waals surface area contributed by atoms with Crippen molar-refractivity contribution in [2.45, 2.75) is 45.6 Å². The molecule has 24 heavy (non-hydrogen) atoms. The molecule has 0 bridgehead atoms. The van der Waals surface area contributed by atoms with Crippen LogP contribution in [0.15, 0.2) is 24.3 Å². The molecule has 0 radical (unpaired) electrons. The van der Waals surface area contributed by atoms with Crippen LogP contribution in [0.1, 0.15) is 49.9 Å². The molecule has 1 heterocycles. The van der Waals surface area contributed by atoms with E-state index >= 15 is 0 Å². The lowest BCUT2D eigenvalue weighted by molar-refractivity contribution is -0.124. The van der Waals surface area contributed by atoms with Crippen molar-refractivity contribution in [2.75, 3.05) is 25.0 Å². The highest BCUT2D eigenvalue weighted by atomic mass is 16.2. The number of rotatable bonds is 7. The summed E-state index contributed by atoms with van der Waals surface area (Å²) in [6, 6.07) is 7.89. The SMILES string of the molecule is CCCCN(C)c1ccc(C(=O)NC[C@H]2CC(=O)N[C@@H](C)C2)cc1. The van der Waals surface area contributed by atoms with Gasteiger partial charge in [0.25, 0.3) is 5.91 Å². The van der Waals surface area contributed by atoms with E-state index in [-0.39, 0.29) is 23.8 Å². The second-order valence-electron chi connectivity index (χ2n) is 6.81. The van der Waals surface area contributed by atoms with E-state index in [0.717, 1.165) is 25.1 Å². The smallest absolute Gasteiger partial charge is 0.251 e. The van der Waals surface area contributed by atoms with Crippen LogP contribution in [0.4, 0.5) is 5.69 Å². The maximum Gasteiger partial charge on any atom is 0.251 e. The number of hydrogen-bond donors (Lipinski definition) is 2. The summed E-state index contributed by atoms with van der Waals surface area (Å²) in [5, 5.41) is 5.86. The molecule has 1 fully saturated rings. The predicted molar refractivity (Wildman–Crippen MR) is 97.3 cm³/mol. The minimum Gasteiger partial charge on any atom is -0.375 e. The van der Waals surface area contributed by atoms with Crippen molar-refractivity contribution in [1.82, 2.24) is 10.6 Å². The summed E-state index contributed by atoms with van der Waals surface area (Å²) < 4.78 is 0. The van der Waals surface area contributed by atoms with Gasteiger partial charge in [0, 0.05) is 43.9 Å². The van der Waals surface area contributed by atoms with Crippen LogP contribution in [0.25, 0.3) is 0 Å². The van der Waals surface area contributed by atoms with Gasteiger partial charge in [-0.25, -0.2) is 0 Å². The lowest BCUT2D eigenvalue weighted by atomic mass is 9.92. The first-order valence-electron chi connectivity index (χ1n) is 8.88. The highest BCUT2D eigenvalue weighted by molar-refractivity contribution is 5.94. The van der Waals surface area contributed by atoms with E-state index in [4.69, 9.17) is 0 Å². The van der Waals surface area contributed by atoms with E-state index in [1.54, 1.807) is 0 Å². The molecule has 0 unspecified atom stereocenters. The Hall–Kier alpha value is -2.04. The maximum atomic E-state index is 12.3. The second kappa shape index (κ2) is 8.71. The Bertz CT molecular complexity index is 556. The number of carbonyl (C=O) groups is 2. The Morgan fingerprint density at radius 3 is 2.67 bits per heavy atom. The highest BCUT2D eigenvalue weighted by Gasteiger charge is 2.24. The largest absolute Gasteiger partial charge is 0.375 e. The van der Waals surface area contributed by atoms with Gasteiger partial charge in [-0.15, -0.1) is 0 Å². The van der Waals surface area contributed by atoms with Gasteiger partial charge in [-0.2, -0.15) is 0 Å². The Balaban J connectivity index is 1.85. The zero-order valence-corrected chi connectivity index (χ0v) is 15.0. The third-order valence-corrected chi connectivity index (χ3v) is 4.54. The fraction of sp³-hybridized carbons (Fsp3) is 0.579. The molecule has 1 aliphatic heterocycles. The summed E-state index contributed by atoms with van der Waals surface area (Å²) in [5.74, 6) is 0.223. The van der Waals surface area contributed by atoms with Gasteiger partial charge in [-0.1, -0.05) is 13.3 Å². The summed E-state index contributed by atoms with van der Waals surface area (Å²) in [7, 11) is 2.07. The molecule has 1 aromatic carbocycles. The zero-order chi connectivity index (χ0) is 17.5. The number of nitrogens with zero attached hydrogens (tertiary/aromatic N) is 1. The fourth-order valence-corrected chi connectivity index (χ4v) is 3.12. The predicted octanol–water partition coefficient (Wildman–Crippen LogP) is 2.57. The van der Waals surface area contributed by atoms with Crippen LogP contribution in [0.5, 0.6) is 0 Å². The van der Waals surface area contributed by atoms with Crippen LogP contribution >= 0.6 is 0 Å². The van der Waals surface area contributed by atoms with E-state index in [1.165, 1.54) is 6.42 Å². The fourth-order valence-electron chi connectivity index (χ4n) is 3.12. The molecule has 2 amide bonds. The van der Waals surface area contributed by atoms with Gasteiger partial charge >= 0.3 is 0 Å². The number of benzene rings is 1.